The van der Waals surface area contributed by atoms with Crippen LogP contribution in [0.1, 0.15) is 17.3 Å². The van der Waals surface area contributed by atoms with Crippen LogP contribution in [0.2, 0.25) is 5.02 Å². The summed E-state index contributed by atoms with van der Waals surface area (Å²) in [4.78, 5) is 10.9. The van der Waals surface area contributed by atoms with E-state index in [0.29, 0.717) is 5.02 Å². The van der Waals surface area contributed by atoms with Crippen molar-refractivity contribution in [1.29, 1.82) is 0 Å². The Balaban J connectivity index is 3.37. The molecule has 0 amide bonds. The Kier molecular flexibility index (Phi) is 2.85. The summed E-state index contributed by atoms with van der Waals surface area (Å²) in [7, 11) is 0. The fraction of sp³-hybridized carbons (Fsp3) is 0.125. The highest BCUT2D eigenvalue weighted by Gasteiger charge is 2.11. The smallest absolute Gasteiger partial charge is 0.162 e. The molecular weight excluding hydrogens is 246 g/mol. The third-order valence-electron chi connectivity index (χ3n) is 1.37. The number of ketones is 1. The van der Waals surface area contributed by atoms with Crippen molar-refractivity contribution < 1.29 is 9.18 Å². The lowest BCUT2D eigenvalue weighted by atomic mass is 10.1. The number of carbonyl (C=O) groups excluding carboxylic acids is 1. The summed E-state index contributed by atoms with van der Waals surface area (Å²) >= 11 is 8.57. The van der Waals surface area contributed by atoms with Gasteiger partial charge in [-0.15, -0.1) is 0 Å². The first-order chi connectivity index (χ1) is 5.52. The minimum absolute atomic E-state index is 0.00868. The molecule has 1 aromatic carbocycles. The molecule has 0 unspecified atom stereocenters. The molecule has 4 heteroatoms. The molecule has 0 aliphatic rings. The summed E-state index contributed by atoms with van der Waals surface area (Å²) in [5.41, 5.74) is 0.00868. The molecule has 0 saturated heterocycles. The van der Waals surface area contributed by atoms with Gasteiger partial charge in [0.15, 0.2) is 5.78 Å². The Morgan fingerprint density at radius 1 is 1.58 bits per heavy atom. The van der Waals surface area contributed by atoms with Crippen LogP contribution in [0.5, 0.6) is 0 Å². The predicted molar refractivity (Wildman–Crippen MR) is 49.1 cm³/mol. The Hall–Kier alpha value is -0.410. The van der Waals surface area contributed by atoms with Gasteiger partial charge in [-0.25, -0.2) is 4.39 Å². The highest BCUT2D eigenvalue weighted by Crippen LogP contribution is 2.24. The largest absolute Gasteiger partial charge is 0.294 e. The minimum atomic E-state index is -0.563. The van der Waals surface area contributed by atoms with Gasteiger partial charge < -0.3 is 0 Å². The van der Waals surface area contributed by atoms with Crippen LogP contribution >= 0.6 is 27.5 Å². The van der Waals surface area contributed by atoms with E-state index in [4.69, 9.17) is 11.6 Å². The van der Waals surface area contributed by atoms with Gasteiger partial charge in [-0.3, -0.25) is 4.79 Å². The van der Waals surface area contributed by atoms with E-state index in [-0.39, 0.29) is 15.8 Å². The van der Waals surface area contributed by atoms with E-state index in [2.05, 4.69) is 15.9 Å². The maximum Gasteiger partial charge on any atom is 0.162 e. The lowest BCUT2D eigenvalue weighted by Gasteiger charge is -2.01. The fourth-order valence-corrected chi connectivity index (χ4v) is 1.62. The van der Waals surface area contributed by atoms with Gasteiger partial charge in [-0.2, -0.15) is 0 Å². The second kappa shape index (κ2) is 3.54. The summed E-state index contributed by atoms with van der Waals surface area (Å²) in [5, 5.41) is 0.341. The summed E-state index contributed by atoms with van der Waals surface area (Å²) < 4.78 is 13.3. The molecule has 1 rings (SSSR count). The number of halogens is 3. The van der Waals surface area contributed by atoms with Crippen LogP contribution in [0.3, 0.4) is 0 Å². The lowest BCUT2D eigenvalue weighted by molar-refractivity contribution is 0.101. The van der Waals surface area contributed by atoms with Crippen molar-refractivity contribution in [2.24, 2.45) is 0 Å². The van der Waals surface area contributed by atoms with Crippen molar-refractivity contribution in [3.63, 3.8) is 0 Å². The summed E-state index contributed by atoms with van der Waals surface area (Å²) in [6, 6.07) is 2.72. The monoisotopic (exact) mass is 250 g/mol. The van der Waals surface area contributed by atoms with E-state index >= 15 is 0 Å². The fourth-order valence-electron chi connectivity index (χ4n) is 0.812. The van der Waals surface area contributed by atoms with Gasteiger partial charge in [0.25, 0.3) is 0 Å². The molecule has 1 nitrogen and oxygen atoms in total. The Morgan fingerprint density at radius 2 is 2.17 bits per heavy atom. The second-order valence-corrected chi connectivity index (χ2v) is 3.60. The highest BCUT2D eigenvalue weighted by atomic mass is 79.9. The molecule has 0 aliphatic carbocycles. The zero-order chi connectivity index (χ0) is 9.30. The van der Waals surface area contributed by atoms with Crippen LogP contribution in [-0.4, -0.2) is 5.78 Å². The number of Topliss-reactive ketones (excluding diaryl/α,β-unsaturated/α-hetero) is 1. The molecule has 12 heavy (non-hydrogen) atoms. The number of hydrogen-bond acceptors (Lipinski definition) is 1. The number of rotatable bonds is 1. The molecule has 0 radical (unpaired) electrons. The van der Waals surface area contributed by atoms with Crippen LogP contribution < -0.4 is 0 Å². The number of hydrogen-bond donors (Lipinski definition) is 0. The van der Waals surface area contributed by atoms with Crippen molar-refractivity contribution in [2.45, 2.75) is 6.92 Å². The molecule has 0 heterocycles. The predicted octanol–water partition coefficient (Wildman–Crippen LogP) is 3.44. The quantitative estimate of drug-likeness (QED) is 0.552. The molecule has 0 aromatic heterocycles. The molecule has 0 fully saturated rings. The summed E-state index contributed by atoms with van der Waals surface area (Å²) in [6.45, 7) is 1.29. The van der Waals surface area contributed by atoms with Crippen molar-refractivity contribution in [1.82, 2.24) is 0 Å². The first-order valence-corrected chi connectivity index (χ1v) is 4.35. The molecule has 0 atom stereocenters. The second-order valence-electron chi connectivity index (χ2n) is 2.31. The van der Waals surface area contributed by atoms with Crippen LogP contribution in [0.15, 0.2) is 16.6 Å². The zero-order valence-corrected chi connectivity index (χ0v) is 8.54. The van der Waals surface area contributed by atoms with E-state index in [1.807, 2.05) is 0 Å². The molecule has 0 aliphatic heterocycles. The molecule has 64 valence electrons. The Morgan fingerprint density at radius 3 is 2.67 bits per heavy atom. The van der Waals surface area contributed by atoms with Crippen molar-refractivity contribution in [3.05, 3.63) is 33.0 Å². The van der Waals surface area contributed by atoms with Crippen LogP contribution in [0, 0.1) is 5.82 Å². The first kappa shape index (κ1) is 9.68. The van der Waals surface area contributed by atoms with Crippen molar-refractivity contribution >= 4 is 33.3 Å². The third kappa shape index (κ3) is 1.84. The van der Waals surface area contributed by atoms with Gasteiger partial charge in [0.2, 0.25) is 0 Å². The highest BCUT2D eigenvalue weighted by molar-refractivity contribution is 9.10. The summed E-state index contributed by atoms with van der Waals surface area (Å²) in [5.74, 6) is -0.900. The molecule has 1 aromatic rings. The third-order valence-corrected chi connectivity index (χ3v) is 2.17. The molecule has 0 bridgehead atoms. The van der Waals surface area contributed by atoms with Gasteiger partial charge >= 0.3 is 0 Å². The van der Waals surface area contributed by atoms with Crippen LogP contribution in [0.4, 0.5) is 4.39 Å². The average Bonchev–Trinajstić information content (AvgIpc) is 1.96. The number of carbonyl (C=O) groups is 1. The topological polar surface area (TPSA) is 17.1 Å². The van der Waals surface area contributed by atoms with E-state index < -0.39 is 5.82 Å². The molecule has 0 spiro atoms. The van der Waals surface area contributed by atoms with Gasteiger partial charge in [0.05, 0.1) is 10.0 Å². The lowest BCUT2D eigenvalue weighted by Crippen LogP contribution is -1.97. The average molecular weight is 251 g/mol. The van der Waals surface area contributed by atoms with Gasteiger partial charge in [-0.1, -0.05) is 11.6 Å². The van der Waals surface area contributed by atoms with E-state index in [1.165, 1.54) is 19.1 Å². The maximum atomic E-state index is 13.1. The van der Waals surface area contributed by atoms with Crippen molar-refractivity contribution in [3.8, 4) is 0 Å². The van der Waals surface area contributed by atoms with E-state index in [0.717, 1.165) is 0 Å². The van der Waals surface area contributed by atoms with Gasteiger partial charge in [-0.05, 0) is 35.0 Å². The molecule has 0 N–H and O–H groups in total. The maximum absolute atomic E-state index is 13.1. The number of benzene rings is 1. The summed E-state index contributed by atoms with van der Waals surface area (Å²) in [6.07, 6.45) is 0. The Labute approximate surface area is 82.7 Å². The van der Waals surface area contributed by atoms with Gasteiger partial charge in [0.1, 0.15) is 5.82 Å². The van der Waals surface area contributed by atoms with E-state index in [1.54, 1.807) is 0 Å². The first-order valence-electron chi connectivity index (χ1n) is 3.18. The van der Waals surface area contributed by atoms with Crippen LogP contribution in [0.25, 0.3) is 0 Å². The SMILES string of the molecule is CC(=O)c1cc(Cl)cc(Br)c1F. The standard InChI is InChI=1S/C8H5BrClFO/c1-4(12)6-2-5(10)3-7(9)8(6)11/h2-3H,1H3. The van der Waals surface area contributed by atoms with Crippen LogP contribution in [-0.2, 0) is 0 Å². The minimum Gasteiger partial charge on any atom is -0.294 e. The zero-order valence-electron chi connectivity index (χ0n) is 6.20. The Bertz CT molecular complexity index is 338. The van der Waals surface area contributed by atoms with Crippen molar-refractivity contribution in [2.75, 3.05) is 0 Å². The van der Waals surface area contributed by atoms with Gasteiger partial charge in [0, 0.05) is 5.02 Å². The van der Waals surface area contributed by atoms with E-state index in [9.17, 15) is 9.18 Å². The molecular formula is C8H5BrClFO. The normalized spacial score (nSPS) is 10.0. The molecule has 0 saturated carbocycles.